The highest BCUT2D eigenvalue weighted by atomic mass is 32.2. The maximum absolute atomic E-state index is 12.9. The van der Waals surface area contributed by atoms with Crippen molar-refractivity contribution in [2.45, 2.75) is 19.4 Å². The fraction of sp³-hybridized carbons (Fsp3) is 0.250. The van der Waals surface area contributed by atoms with Crippen LogP contribution in [-0.2, 0) is 19.4 Å². The molecule has 1 aromatic rings. The molecule has 0 N–H and O–H groups in total. The maximum Gasteiger partial charge on any atom is 0.271 e. The summed E-state index contributed by atoms with van der Waals surface area (Å²) in [4.78, 5) is 26.5. The number of rotatable bonds is 3. The summed E-state index contributed by atoms with van der Waals surface area (Å²) in [5.41, 5.74) is 1.35. The number of allylic oxidation sites excluding steroid dienone is 2. The van der Waals surface area contributed by atoms with E-state index < -0.39 is 27.7 Å². The highest BCUT2D eigenvalue weighted by Crippen LogP contribution is 2.30. The van der Waals surface area contributed by atoms with Crippen LogP contribution < -0.4 is 0 Å². The van der Waals surface area contributed by atoms with E-state index in [2.05, 4.69) is 0 Å². The number of carbonyl (C=O) groups is 2. The largest absolute Gasteiger partial charge is 0.271 e. The average molecular weight is 382 g/mol. The Balaban J connectivity index is 1.98. The smallest absolute Gasteiger partial charge is 0.270 e. The van der Waals surface area contributed by atoms with Crippen LogP contribution in [0.15, 0.2) is 59.2 Å². The fourth-order valence-corrected chi connectivity index (χ4v) is 4.96. The lowest BCUT2D eigenvalue weighted by molar-refractivity contribution is -0.142. The molecule has 2 amide bonds. The van der Waals surface area contributed by atoms with Crippen LogP contribution in [0.3, 0.4) is 0 Å². The van der Waals surface area contributed by atoms with Gasteiger partial charge in [-0.25, -0.2) is 8.42 Å². The second-order valence-corrected chi connectivity index (χ2v) is 8.73. The first-order chi connectivity index (χ1) is 12.8. The molecule has 0 radical (unpaired) electrons. The van der Waals surface area contributed by atoms with Crippen LogP contribution in [0, 0.1) is 11.3 Å². The molecule has 7 heteroatoms. The lowest BCUT2D eigenvalue weighted by Crippen LogP contribution is -2.49. The lowest BCUT2D eigenvalue weighted by atomic mass is 9.93. The van der Waals surface area contributed by atoms with Crippen molar-refractivity contribution in [1.82, 2.24) is 4.90 Å². The molecule has 138 valence electrons. The molecule has 27 heavy (non-hydrogen) atoms. The number of carbonyl (C=O) groups excluding carboxylic acids is 2. The second-order valence-electron chi connectivity index (χ2n) is 6.50. The summed E-state index contributed by atoms with van der Waals surface area (Å²) in [6, 6.07) is 10.6. The number of nitriles is 1. The van der Waals surface area contributed by atoms with E-state index in [1.807, 2.05) is 36.4 Å². The molecule has 0 saturated carbocycles. The number of amides is 2. The van der Waals surface area contributed by atoms with Crippen LogP contribution in [0.4, 0.5) is 0 Å². The molecule has 0 aromatic heterocycles. The van der Waals surface area contributed by atoms with E-state index in [-0.39, 0.29) is 29.1 Å². The van der Waals surface area contributed by atoms with Crippen LogP contribution in [0.2, 0.25) is 0 Å². The molecule has 0 aliphatic carbocycles. The van der Waals surface area contributed by atoms with Crippen LogP contribution in [0.1, 0.15) is 18.9 Å². The van der Waals surface area contributed by atoms with E-state index in [0.29, 0.717) is 5.57 Å². The zero-order chi connectivity index (χ0) is 19.6. The molecule has 1 unspecified atom stereocenters. The summed E-state index contributed by atoms with van der Waals surface area (Å²) in [5.74, 6) is -1.59. The summed E-state index contributed by atoms with van der Waals surface area (Å²) in [6.07, 6.45) is 5.25. The van der Waals surface area contributed by atoms with Crippen LogP contribution in [-0.4, -0.2) is 42.7 Å². The van der Waals surface area contributed by atoms with Gasteiger partial charge < -0.3 is 0 Å². The van der Waals surface area contributed by atoms with E-state index >= 15 is 0 Å². The summed E-state index contributed by atoms with van der Waals surface area (Å²) in [6.45, 7) is 1.55. The van der Waals surface area contributed by atoms with Crippen LogP contribution in [0.5, 0.6) is 0 Å². The minimum atomic E-state index is -3.28. The summed E-state index contributed by atoms with van der Waals surface area (Å²) >= 11 is 0. The zero-order valence-corrected chi connectivity index (χ0v) is 15.6. The third kappa shape index (κ3) is 3.76. The SMILES string of the molecule is CC1=C(C#N)C(=O)N(C2CCS(=O)(=O)C2)C(=O)/C1=C/C=C/c1ccccc1. The molecule has 0 spiro atoms. The van der Waals surface area contributed by atoms with Gasteiger partial charge in [-0.3, -0.25) is 14.5 Å². The number of hydrogen-bond donors (Lipinski definition) is 0. The van der Waals surface area contributed by atoms with Crippen molar-refractivity contribution >= 4 is 27.7 Å². The topological polar surface area (TPSA) is 95.3 Å². The molecule has 1 fully saturated rings. The first-order valence-electron chi connectivity index (χ1n) is 8.47. The maximum atomic E-state index is 12.9. The molecule has 2 aliphatic rings. The molecule has 3 rings (SSSR count). The van der Waals surface area contributed by atoms with Crippen molar-refractivity contribution in [3.05, 3.63) is 64.8 Å². The van der Waals surface area contributed by atoms with Gasteiger partial charge in [-0.1, -0.05) is 42.5 Å². The number of hydrogen-bond acceptors (Lipinski definition) is 5. The van der Waals surface area contributed by atoms with Crippen molar-refractivity contribution < 1.29 is 18.0 Å². The van der Waals surface area contributed by atoms with E-state index in [0.717, 1.165) is 10.5 Å². The minimum Gasteiger partial charge on any atom is -0.270 e. The molecule has 0 bridgehead atoms. The quantitative estimate of drug-likeness (QED) is 0.589. The van der Waals surface area contributed by atoms with Gasteiger partial charge in [-0.15, -0.1) is 0 Å². The van der Waals surface area contributed by atoms with Crippen LogP contribution >= 0.6 is 0 Å². The van der Waals surface area contributed by atoms with Crippen molar-refractivity contribution in [2.24, 2.45) is 0 Å². The predicted molar refractivity (Wildman–Crippen MR) is 101 cm³/mol. The van der Waals surface area contributed by atoms with Gasteiger partial charge in [0.25, 0.3) is 11.8 Å². The Morgan fingerprint density at radius 1 is 1.19 bits per heavy atom. The van der Waals surface area contributed by atoms with Crippen molar-refractivity contribution in [3.8, 4) is 6.07 Å². The van der Waals surface area contributed by atoms with E-state index in [1.54, 1.807) is 25.2 Å². The Hall–Kier alpha value is -2.98. The molecule has 6 nitrogen and oxygen atoms in total. The van der Waals surface area contributed by atoms with Gasteiger partial charge in [0.2, 0.25) is 0 Å². The fourth-order valence-electron chi connectivity index (χ4n) is 3.26. The van der Waals surface area contributed by atoms with Gasteiger partial charge in [0.05, 0.1) is 17.5 Å². The third-order valence-electron chi connectivity index (χ3n) is 4.70. The lowest BCUT2D eigenvalue weighted by Gasteiger charge is -2.31. The van der Waals surface area contributed by atoms with E-state index in [4.69, 9.17) is 0 Å². The van der Waals surface area contributed by atoms with E-state index in [9.17, 15) is 23.3 Å². The number of sulfone groups is 1. The molecule has 1 saturated heterocycles. The first kappa shape index (κ1) is 18.8. The van der Waals surface area contributed by atoms with Crippen molar-refractivity contribution in [2.75, 3.05) is 11.5 Å². The molecule has 2 aliphatic heterocycles. The van der Waals surface area contributed by atoms with Gasteiger partial charge in [0.15, 0.2) is 9.84 Å². The predicted octanol–water partition coefficient (Wildman–Crippen LogP) is 2.02. The second kappa shape index (κ2) is 7.33. The molecular formula is C20H18N2O4S. The molecule has 1 atom stereocenters. The highest BCUT2D eigenvalue weighted by molar-refractivity contribution is 7.91. The Bertz CT molecular complexity index is 1030. The van der Waals surface area contributed by atoms with Gasteiger partial charge >= 0.3 is 0 Å². The number of nitrogens with zero attached hydrogens (tertiary/aromatic N) is 2. The normalized spacial score (nSPS) is 24.1. The van der Waals surface area contributed by atoms with Crippen LogP contribution in [0.25, 0.3) is 6.08 Å². The molecule has 1 aromatic carbocycles. The molecular weight excluding hydrogens is 364 g/mol. The zero-order valence-electron chi connectivity index (χ0n) is 14.8. The minimum absolute atomic E-state index is 0.0632. The Labute approximate surface area is 158 Å². The van der Waals surface area contributed by atoms with Gasteiger partial charge in [-0.2, -0.15) is 5.26 Å². The standard InChI is InChI=1S/C20H18N2O4S/c1-14-17(9-5-8-15-6-3-2-4-7-15)19(23)22(20(24)18(14)12-21)16-10-11-27(25,26)13-16/h2-9,16H,10-11,13H2,1H3/b8-5+,17-9+. The summed E-state index contributed by atoms with van der Waals surface area (Å²) in [7, 11) is -3.28. The van der Waals surface area contributed by atoms with Crippen molar-refractivity contribution in [1.29, 1.82) is 5.26 Å². The average Bonchev–Trinajstić information content (AvgIpc) is 2.98. The summed E-state index contributed by atoms with van der Waals surface area (Å²) < 4.78 is 23.5. The first-order valence-corrected chi connectivity index (χ1v) is 10.3. The number of imide groups is 1. The van der Waals surface area contributed by atoms with E-state index in [1.165, 1.54) is 0 Å². The molecule has 2 heterocycles. The monoisotopic (exact) mass is 382 g/mol. The summed E-state index contributed by atoms with van der Waals surface area (Å²) in [5, 5.41) is 9.37. The highest BCUT2D eigenvalue weighted by Gasteiger charge is 2.43. The Morgan fingerprint density at radius 2 is 1.89 bits per heavy atom. The number of benzene rings is 1. The van der Waals surface area contributed by atoms with Gasteiger partial charge in [0.1, 0.15) is 11.6 Å². The van der Waals surface area contributed by atoms with Gasteiger partial charge in [-0.05, 0) is 30.6 Å². The Morgan fingerprint density at radius 3 is 2.48 bits per heavy atom. The van der Waals surface area contributed by atoms with Crippen molar-refractivity contribution in [3.63, 3.8) is 0 Å². The third-order valence-corrected chi connectivity index (χ3v) is 6.45. The Kier molecular flexibility index (Phi) is 5.10. The van der Waals surface area contributed by atoms with Gasteiger partial charge in [0, 0.05) is 5.57 Å².